The zero-order valence-electron chi connectivity index (χ0n) is 21.7. The second kappa shape index (κ2) is 10.9. The standard InChI is InChI=1S/C27H35N7O4/c1-2-33-21(12-15-29-33)24(35)31-23(18-8-5-3-4-6-9-18)20-17-34-22(30-20)11-10-19(32-34)16-27(26(37)38)13-7-14-28-25(27)36/h10-12,15,17-18,23H,2-9,13-14,16H2,1H3,(H,28,36)(H,31,35)(H,37,38)/t23-,27?/m0/s1. The Balaban J connectivity index is 1.45. The molecule has 2 amide bonds. The van der Waals surface area contributed by atoms with Gasteiger partial charge in [0, 0.05) is 25.7 Å². The van der Waals surface area contributed by atoms with Crippen molar-refractivity contribution >= 4 is 23.4 Å². The summed E-state index contributed by atoms with van der Waals surface area (Å²) < 4.78 is 3.31. The van der Waals surface area contributed by atoms with Crippen LogP contribution < -0.4 is 10.6 Å². The van der Waals surface area contributed by atoms with Crippen LogP contribution in [0.25, 0.3) is 5.65 Å². The van der Waals surface area contributed by atoms with E-state index in [9.17, 15) is 19.5 Å². The van der Waals surface area contributed by atoms with E-state index >= 15 is 0 Å². The van der Waals surface area contributed by atoms with E-state index in [1.165, 1.54) is 12.8 Å². The number of piperidine rings is 1. The van der Waals surface area contributed by atoms with Crippen LogP contribution >= 0.6 is 0 Å². The summed E-state index contributed by atoms with van der Waals surface area (Å²) >= 11 is 0. The number of carboxylic acids is 1. The summed E-state index contributed by atoms with van der Waals surface area (Å²) in [7, 11) is 0. The molecular weight excluding hydrogens is 486 g/mol. The second-order valence-electron chi connectivity index (χ2n) is 10.5. The molecular formula is C27H35N7O4. The Hall–Kier alpha value is -3.76. The largest absolute Gasteiger partial charge is 0.480 e. The maximum Gasteiger partial charge on any atom is 0.319 e. The molecule has 2 atom stereocenters. The molecule has 1 aliphatic carbocycles. The maximum atomic E-state index is 13.3. The average Bonchev–Trinajstić information content (AvgIpc) is 3.47. The highest BCUT2D eigenvalue weighted by molar-refractivity contribution is 6.02. The first-order valence-corrected chi connectivity index (χ1v) is 13.6. The van der Waals surface area contributed by atoms with Crippen LogP contribution in [0.2, 0.25) is 0 Å². The molecule has 202 valence electrons. The summed E-state index contributed by atoms with van der Waals surface area (Å²) in [5, 5.41) is 24.7. The third-order valence-electron chi connectivity index (χ3n) is 8.01. The lowest BCUT2D eigenvalue weighted by Crippen LogP contribution is -2.52. The Morgan fingerprint density at radius 1 is 1.18 bits per heavy atom. The monoisotopic (exact) mass is 521 g/mol. The van der Waals surface area contributed by atoms with E-state index in [2.05, 4.69) is 20.8 Å². The molecule has 4 heterocycles. The Morgan fingerprint density at radius 2 is 1.97 bits per heavy atom. The lowest BCUT2D eigenvalue weighted by Gasteiger charge is -2.31. The van der Waals surface area contributed by atoms with E-state index in [-0.39, 0.29) is 30.7 Å². The summed E-state index contributed by atoms with van der Waals surface area (Å²) in [6, 6.07) is 4.96. The molecule has 5 rings (SSSR count). The van der Waals surface area contributed by atoms with Gasteiger partial charge in [-0.15, -0.1) is 0 Å². The highest BCUT2D eigenvalue weighted by Gasteiger charge is 2.48. The fourth-order valence-electron chi connectivity index (χ4n) is 5.89. The van der Waals surface area contributed by atoms with Crippen molar-refractivity contribution in [1.29, 1.82) is 0 Å². The van der Waals surface area contributed by atoms with Crippen LogP contribution in [0, 0.1) is 11.3 Å². The van der Waals surface area contributed by atoms with Gasteiger partial charge in [0.1, 0.15) is 5.69 Å². The van der Waals surface area contributed by atoms with Gasteiger partial charge in [-0.3, -0.25) is 19.1 Å². The minimum Gasteiger partial charge on any atom is -0.480 e. The number of nitrogens with one attached hydrogen (secondary N) is 2. The number of imidazole rings is 1. The van der Waals surface area contributed by atoms with Crippen molar-refractivity contribution in [1.82, 2.24) is 35.0 Å². The Bertz CT molecular complexity index is 1320. The number of aliphatic carboxylic acids is 1. The summed E-state index contributed by atoms with van der Waals surface area (Å²) in [6.45, 7) is 3.03. The Morgan fingerprint density at radius 3 is 2.68 bits per heavy atom. The molecule has 38 heavy (non-hydrogen) atoms. The minimum atomic E-state index is -1.53. The molecule has 0 bridgehead atoms. The van der Waals surface area contributed by atoms with Crippen molar-refractivity contribution in [3.63, 3.8) is 0 Å². The fourth-order valence-corrected chi connectivity index (χ4v) is 5.89. The first kappa shape index (κ1) is 25.9. The third-order valence-corrected chi connectivity index (χ3v) is 8.01. The number of hydrogen-bond acceptors (Lipinski definition) is 6. The van der Waals surface area contributed by atoms with Crippen molar-refractivity contribution in [3.8, 4) is 0 Å². The summed E-state index contributed by atoms with van der Waals surface area (Å²) in [5.41, 5.74) is 0.817. The van der Waals surface area contributed by atoms with Crippen LogP contribution in [0.15, 0.2) is 30.6 Å². The van der Waals surface area contributed by atoms with Gasteiger partial charge in [-0.25, -0.2) is 9.50 Å². The van der Waals surface area contributed by atoms with E-state index in [1.807, 2.05) is 13.1 Å². The van der Waals surface area contributed by atoms with Gasteiger partial charge in [0.15, 0.2) is 11.1 Å². The Labute approximate surface area is 221 Å². The molecule has 3 N–H and O–H groups in total. The van der Waals surface area contributed by atoms with E-state index in [0.29, 0.717) is 36.5 Å². The number of hydrogen-bond donors (Lipinski definition) is 3. The number of carbonyl (C=O) groups excluding carboxylic acids is 2. The predicted molar refractivity (Wildman–Crippen MR) is 138 cm³/mol. The van der Waals surface area contributed by atoms with Gasteiger partial charge in [0.2, 0.25) is 5.91 Å². The van der Waals surface area contributed by atoms with E-state index in [1.54, 1.807) is 33.6 Å². The lowest BCUT2D eigenvalue weighted by atomic mass is 9.76. The molecule has 11 nitrogen and oxygen atoms in total. The molecule has 1 aliphatic heterocycles. The molecule has 2 fully saturated rings. The van der Waals surface area contributed by atoms with Gasteiger partial charge in [0.05, 0.1) is 23.6 Å². The zero-order chi connectivity index (χ0) is 26.7. The molecule has 2 aliphatic rings. The van der Waals surface area contributed by atoms with Gasteiger partial charge in [0.25, 0.3) is 5.91 Å². The quantitative estimate of drug-likeness (QED) is 0.305. The molecule has 0 aromatic carbocycles. The van der Waals surface area contributed by atoms with Crippen LogP contribution in [0.5, 0.6) is 0 Å². The zero-order valence-corrected chi connectivity index (χ0v) is 21.7. The summed E-state index contributed by atoms with van der Waals surface area (Å²) in [6.07, 6.45) is 10.9. The smallest absolute Gasteiger partial charge is 0.319 e. The molecule has 11 heteroatoms. The van der Waals surface area contributed by atoms with Crippen LogP contribution in [0.3, 0.4) is 0 Å². The molecule has 1 saturated carbocycles. The predicted octanol–water partition coefficient (Wildman–Crippen LogP) is 2.91. The molecule has 1 unspecified atom stereocenters. The SMILES string of the molecule is CCn1nccc1C(=O)N[C@H](c1cn2nc(CC3(C(=O)O)CCCNC3=O)ccc2n1)C1CCCCCC1. The third kappa shape index (κ3) is 5.01. The molecule has 0 radical (unpaired) electrons. The van der Waals surface area contributed by atoms with Crippen molar-refractivity contribution in [2.24, 2.45) is 11.3 Å². The first-order chi connectivity index (χ1) is 18.4. The fraction of sp³-hybridized carbons (Fsp3) is 0.556. The van der Waals surface area contributed by atoms with Crippen LogP contribution in [-0.2, 0) is 22.6 Å². The van der Waals surface area contributed by atoms with Gasteiger partial charge in [-0.05, 0) is 56.7 Å². The lowest BCUT2D eigenvalue weighted by molar-refractivity contribution is -0.158. The van der Waals surface area contributed by atoms with Gasteiger partial charge < -0.3 is 15.7 Å². The van der Waals surface area contributed by atoms with Crippen LogP contribution in [0.1, 0.15) is 86.2 Å². The molecule has 1 saturated heterocycles. The number of nitrogens with zero attached hydrogens (tertiary/aromatic N) is 5. The minimum absolute atomic E-state index is 0.00141. The Kier molecular flexibility index (Phi) is 7.44. The van der Waals surface area contributed by atoms with Crippen molar-refractivity contribution in [2.75, 3.05) is 6.54 Å². The average molecular weight is 522 g/mol. The molecule has 3 aromatic rings. The molecule has 3 aromatic heterocycles. The number of amides is 2. The highest BCUT2D eigenvalue weighted by atomic mass is 16.4. The number of rotatable bonds is 8. The van der Waals surface area contributed by atoms with Gasteiger partial charge >= 0.3 is 5.97 Å². The first-order valence-electron chi connectivity index (χ1n) is 13.6. The highest BCUT2D eigenvalue weighted by Crippen LogP contribution is 2.34. The topological polar surface area (TPSA) is 144 Å². The van der Waals surface area contributed by atoms with Crippen molar-refractivity contribution in [3.05, 3.63) is 47.7 Å². The second-order valence-corrected chi connectivity index (χ2v) is 10.5. The van der Waals surface area contributed by atoms with Crippen molar-refractivity contribution in [2.45, 2.75) is 77.3 Å². The number of carboxylic acid groups (broad SMARTS) is 1. The number of aryl methyl sites for hydroxylation is 1. The number of fused-ring (bicyclic) bond motifs is 1. The van der Waals surface area contributed by atoms with Crippen molar-refractivity contribution < 1.29 is 19.5 Å². The number of aromatic nitrogens is 5. The van der Waals surface area contributed by atoms with E-state index in [0.717, 1.165) is 31.4 Å². The molecule has 0 spiro atoms. The van der Waals surface area contributed by atoms with E-state index in [4.69, 9.17) is 4.98 Å². The van der Waals surface area contributed by atoms with Crippen LogP contribution in [0.4, 0.5) is 0 Å². The number of carbonyl (C=O) groups is 3. The summed E-state index contributed by atoms with van der Waals surface area (Å²) in [4.78, 5) is 42.8. The summed E-state index contributed by atoms with van der Waals surface area (Å²) in [5.74, 6) is -1.54. The normalized spacial score (nSPS) is 21.6. The van der Waals surface area contributed by atoms with E-state index < -0.39 is 17.3 Å². The van der Waals surface area contributed by atoms with Gasteiger partial charge in [-0.1, -0.05) is 25.7 Å². The maximum absolute atomic E-state index is 13.3. The van der Waals surface area contributed by atoms with Crippen LogP contribution in [-0.4, -0.2) is 53.8 Å². The van der Waals surface area contributed by atoms with Gasteiger partial charge in [-0.2, -0.15) is 10.2 Å².